The molecule has 0 aliphatic heterocycles. The molecule has 0 fully saturated rings. The van der Waals surface area contributed by atoms with Crippen LogP contribution in [-0.2, 0) is 19.1 Å². The maximum absolute atomic E-state index is 11.2. The number of hydrogen-bond acceptors (Lipinski definition) is 5. The highest BCUT2D eigenvalue weighted by atomic mass is 16.5. The predicted octanol–water partition coefficient (Wildman–Crippen LogP) is 4.54. The fraction of sp³-hybridized carbons (Fsp3) is 0.900. The molecule has 0 saturated carbocycles. The standard InChI is InChI=1S/C20H38O5/c1-4-24-20(23)16-12-8-7-11-15-19(25-18(3)22)14-10-6-5-9-13-17(2)21/h17,19,21H,4-16H2,1-3H3/t17-,19+/m0/s1. The van der Waals surface area contributed by atoms with Crippen LogP contribution < -0.4 is 0 Å². The maximum Gasteiger partial charge on any atom is 0.305 e. The van der Waals surface area contributed by atoms with Crippen molar-refractivity contribution < 1.29 is 24.2 Å². The van der Waals surface area contributed by atoms with Gasteiger partial charge in [-0.05, 0) is 52.4 Å². The number of carbonyl (C=O) groups excluding carboxylic acids is 2. The van der Waals surface area contributed by atoms with Gasteiger partial charge in [-0.15, -0.1) is 0 Å². The Bertz CT molecular complexity index is 341. The van der Waals surface area contributed by atoms with E-state index in [1.165, 1.54) is 6.92 Å². The van der Waals surface area contributed by atoms with Gasteiger partial charge in [-0.3, -0.25) is 9.59 Å². The van der Waals surface area contributed by atoms with Crippen LogP contribution in [0.15, 0.2) is 0 Å². The Kier molecular flexibility index (Phi) is 15.7. The second-order valence-corrected chi connectivity index (χ2v) is 6.83. The normalized spacial score (nSPS) is 13.3. The third-order valence-electron chi connectivity index (χ3n) is 4.19. The van der Waals surface area contributed by atoms with Crippen LogP contribution in [0.3, 0.4) is 0 Å². The predicted molar refractivity (Wildman–Crippen MR) is 99.3 cm³/mol. The highest BCUT2D eigenvalue weighted by molar-refractivity contribution is 5.69. The summed E-state index contributed by atoms with van der Waals surface area (Å²) in [6, 6.07) is 0. The molecule has 25 heavy (non-hydrogen) atoms. The first-order valence-corrected chi connectivity index (χ1v) is 9.96. The van der Waals surface area contributed by atoms with Gasteiger partial charge < -0.3 is 14.6 Å². The average Bonchev–Trinajstić information content (AvgIpc) is 2.53. The van der Waals surface area contributed by atoms with E-state index in [0.29, 0.717) is 13.0 Å². The minimum absolute atomic E-state index is 0.0133. The third-order valence-corrected chi connectivity index (χ3v) is 4.19. The summed E-state index contributed by atoms with van der Waals surface area (Å²) in [6.07, 6.45) is 11.2. The van der Waals surface area contributed by atoms with Gasteiger partial charge in [0.2, 0.25) is 0 Å². The number of ether oxygens (including phenoxy) is 2. The number of hydrogen-bond donors (Lipinski definition) is 1. The average molecular weight is 359 g/mol. The molecule has 0 amide bonds. The highest BCUT2D eigenvalue weighted by Crippen LogP contribution is 2.16. The Hall–Kier alpha value is -1.10. The summed E-state index contributed by atoms with van der Waals surface area (Å²) in [5.74, 6) is -0.322. The number of carbonyl (C=O) groups is 2. The summed E-state index contributed by atoms with van der Waals surface area (Å²) >= 11 is 0. The van der Waals surface area contributed by atoms with E-state index >= 15 is 0 Å². The van der Waals surface area contributed by atoms with Gasteiger partial charge in [-0.25, -0.2) is 0 Å². The molecule has 5 heteroatoms. The molecule has 5 nitrogen and oxygen atoms in total. The van der Waals surface area contributed by atoms with Gasteiger partial charge in [0, 0.05) is 13.3 Å². The van der Waals surface area contributed by atoms with Gasteiger partial charge in [0.25, 0.3) is 0 Å². The van der Waals surface area contributed by atoms with Crippen LogP contribution in [0.1, 0.15) is 97.8 Å². The lowest BCUT2D eigenvalue weighted by molar-refractivity contribution is -0.147. The zero-order chi connectivity index (χ0) is 18.9. The van der Waals surface area contributed by atoms with Crippen LogP contribution in [0.4, 0.5) is 0 Å². The summed E-state index contributed by atoms with van der Waals surface area (Å²) < 4.78 is 10.3. The molecule has 0 saturated heterocycles. The van der Waals surface area contributed by atoms with Crippen LogP contribution in [0.25, 0.3) is 0 Å². The Morgan fingerprint density at radius 1 is 0.880 bits per heavy atom. The minimum atomic E-state index is -0.211. The summed E-state index contributed by atoms with van der Waals surface area (Å²) in [5, 5.41) is 9.23. The van der Waals surface area contributed by atoms with E-state index in [9.17, 15) is 14.7 Å². The molecule has 148 valence electrons. The van der Waals surface area contributed by atoms with Crippen molar-refractivity contribution in [2.45, 2.75) is 110 Å². The molecular weight excluding hydrogens is 320 g/mol. The van der Waals surface area contributed by atoms with Crippen LogP contribution in [0.5, 0.6) is 0 Å². The quantitative estimate of drug-likeness (QED) is 0.324. The van der Waals surface area contributed by atoms with E-state index in [1.807, 2.05) is 13.8 Å². The van der Waals surface area contributed by atoms with Gasteiger partial charge in [0.1, 0.15) is 6.10 Å². The molecule has 0 spiro atoms. The molecule has 0 heterocycles. The number of rotatable bonds is 16. The smallest absolute Gasteiger partial charge is 0.305 e. The number of aliphatic hydroxyl groups excluding tert-OH is 1. The lowest BCUT2D eigenvalue weighted by Gasteiger charge is -2.17. The molecule has 0 radical (unpaired) electrons. The largest absolute Gasteiger partial charge is 0.466 e. The highest BCUT2D eigenvalue weighted by Gasteiger charge is 2.11. The fourth-order valence-corrected chi connectivity index (χ4v) is 2.89. The van der Waals surface area contributed by atoms with E-state index in [4.69, 9.17) is 9.47 Å². The van der Waals surface area contributed by atoms with Gasteiger partial charge in [-0.2, -0.15) is 0 Å². The lowest BCUT2D eigenvalue weighted by Crippen LogP contribution is -2.16. The van der Waals surface area contributed by atoms with Crippen molar-refractivity contribution in [3.05, 3.63) is 0 Å². The van der Waals surface area contributed by atoms with E-state index < -0.39 is 0 Å². The third kappa shape index (κ3) is 17.5. The van der Waals surface area contributed by atoms with Crippen molar-refractivity contribution >= 4 is 11.9 Å². The molecule has 0 aliphatic carbocycles. The first-order valence-electron chi connectivity index (χ1n) is 9.96. The van der Waals surface area contributed by atoms with Crippen molar-refractivity contribution in [1.29, 1.82) is 0 Å². The summed E-state index contributed by atoms with van der Waals surface area (Å²) in [4.78, 5) is 22.5. The number of esters is 2. The van der Waals surface area contributed by atoms with Gasteiger partial charge in [-0.1, -0.05) is 32.1 Å². The van der Waals surface area contributed by atoms with Gasteiger partial charge >= 0.3 is 11.9 Å². The van der Waals surface area contributed by atoms with Crippen molar-refractivity contribution in [3.8, 4) is 0 Å². The van der Waals surface area contributed by atoms with E-state index in [0.717, 1.165) is 70.6 Å². The zero-order valence-corrected chi connectivity index (χ0v) is 16.4. The second kappa shape index (κ2) is 16.4. The monoisotopic (exact) mass is 358 g/mol. The van der Waals surface area contributed by atoms with Crippen molar-refractivity contribution in [1.82, 2.24) is 0 Å². The van der Waals surface area contributed by atoms with Crippen molar-refractivity contribution in [2.24, 2.45) is 0 Å². The Morgan fingerprint density at radius 2 is 1.40 bits per heavy atom. The second-order valence-electron chi connectivity index (χ2n) is 6.83. The van der Waals surface area contributed by atoms with E-state index in [-0.39, 0.29) is 24.1 Å². The van der Waals surface area contributed by atoms with Crippen LogP contribution in [0, 0.1) is 0 Å². The van der Waals surface area contributed by atoms with E-state index in [1.54, 1.807) is 0 Å². The van der Waals surface area contributed by atoms with Crippen molar-refractivity contribution in [3.63, 3.8) is 0 Å². The summed E-state index contributed by atoms with van der Waals surface area (Å²) in [6.45, 7) is 5.56. The molecule has 0 aromatic heterocycles. The Morgan fingerprint density at radius 3 is 1.88 bits per heavy atom. The molecule has 0 aromatic carbocycles. The summed E-state index contributed by atoms with van der Waals surface area (Å²) in [5.41, 5.74) is 0. The number of unbranched alkanes of at least 4 members (excludes halogenated alkanes) is 6. The lowest BCUT2D eigenvalue weighted by atomic mass is 10.0. The number of aliphatic hydroxyl groups is 1. The van der Waals surface area contributed by atoms with E-state index in [2.05, 4.69) is 0 Å². The van der Waals surface area contributed by atoms with Gasteiger partial charge in [0.05, 0.1) is 12.7 Å². The first-order chi connectivity index (χ1) is 12.0. The fourth-order valence-electron chi connectivity index (χ4n) is 2.89. The van der Waals surface area contributed by atoms with Crippen LogP contribution in [0.2, 0.25) is 0 Å². The molecule has 0 bridgehead atoms. The molecule has 0 aliphatic rings. The Balaban J connectivity index is 3.74. The first kappa shape index (κ1) is 23.9. The topological polar surface area (TPSA) is 72.8 Å². The molecular formula is C20H38O5. The molecule has 2 atom stereocenters. The molecule has 0 unspecified atom stereocenters. The molecule has 0 rings (SSSR count). The zero-order valence-electron chi connectivity index (χ0n) is 16.4. The van der Waals surface area contributed by atoms with Crippen LogP contribution >= 0.6 is 0 Å². The summed E-state index contributed by atoms with van der Waals surface area (Å²) in [7, 11) is 0. The molecule has 1 N–H and O–H groups in total. The minimum Gasteiger partial charge on any atom is -0.466 e. The maximum atomic E-state index is 11.2. The Labute approximate surface area is 153 Å². The SMILES string of the molecule is CCOC(=O)CCCCCC[C@@H](CCCCCC[C@H](C)O)OC(C)=O. The van der Waals surface area contributed by atoms with Crippen LogP contribution in [-0.4, -0.2) is 35.9 Å². The van der Waals surface area contributed by atoms with Gasteiger partial charge in [0.15, 0.2) is 0 Å². The molecule has 0 aromatic rings. The van der Waals surface area contributed by atoms with Crippen molar-refractivity contribution in [2.75, 3.05) is 6.61 Å².